The highest BCUT2D eigenvalue weighted by Crippen LogP contribution is 2.22. The van der Waals surface area contributed by atoms with Gasteiger partial charge in [-0.2, -0.15) is 0 Å². The quantitative estimate of drug-likeness (QED) is 0.764. The second-order valence-electron chi connectivity index (χ2n) is 6.70. The molecule has 0 bridgehead atoms. The van der Waals surface area contributed by atoms with E-state index in [0.717, 1.165) is 38.6 Å². The molecule has 5 heteroatoms. The summed E-state index contributed by atoms with van der Waals surface area (Å²) in [5, 5.41) is 6.08. The van der Waals surface area contributed by atoms with Gasteiger partial charge in [-0.1, -0.05) is 6.92 Å². The van der Waals surface area contributed by atoms with Gasteiger partial charge in [-0.05, 0) is 52.5 Å². The molecule has 1 saturated carbocycles. The number of hydrogen-bond donors (Lipinski definition) is 2. The van der Waals surface area contributed by atoms with Crippen molar-refractivity contribution in [3.8, 4) is 0 Å². The van der Waals surface area contributed by atoms with Crippen molar-refractivity contribution in [3.63, 3.8) is 0 Å². The molecule has 2 rings (SSSR count). The molecule has 0 spiro atoms. The van der Waals surface area contributed by atoms with Gasteiger partial charge >= 0.3 is 0 Å². The number of nitrogens with one attached hydrogen (secondary N) is 2. The monoisotopic (exact) mass is 281 g/mol. The SMILES string of the molecule is CCC(C)(C)NC(=O)CN1CCCC1C(=O)NC1CC1. The molecular formula is C15H27N3O2. The van der Waals surface area contributed by atoms with E-state index in [0.29, 0.717) is 12.6 Å². The number of carbonyl (C=O) groups excluding carboxylic acids is 2. The van der Waals surface area contributed by atoms with Crippen LogP contribution in [0, 0.1) is 0 Å². The molecule has 114 valence electrons. The van der Waals surface area contributed by atoms with E-state index in [2.05, 4.69) is 17.6 Å². The van der Waals surface area contributed by atoms with Crippen LogP contribution in [0.5, 0.6) is 0 Å². The first kappa shape index (κ1) is 15.3. The van der Waals surface area contributed by atoms with Crippen LogP contribution in [0.15, 0.2) is 0 Å². The average Bonchev–Trinajstić information content (AvgIpc) is 3.05. The molecule has 2 fully saturated rings. The Kier molecular flexibility index (Phi) is 4.68. The van der Waals surface area contributed by atoms with Crippen LogP contribution >= 0.6 is 0 Å². The predicted octanol–water partition coefficient (Wildman–Crippen LogP) is 1.03. The molecule has 0 aromatic rings. The Labute approximate surface area is 121 Å². The van der Waals surface area contributed by atoms with Crippen LogP contribution in [-0.2, 0) is 9.59 Å². The van der Waals surface area contributed by atoms with Crippen molar-refractivity contribution < 1.29 is 9.59 Å². The molecule has 0 radical (unpaired) electrons. The Balaban J connectivity index is 1.83. The molecule has 1 unspecified atom stereocenters. The standard InChI is InChI=1S/C15H27N3O2/c1-4-15(2,3)17-13(19)10-18-9-5-6-12(18)14(20)16-11-7-8-11/h11-12H,4-10H2,1-3H3,(H,16,20)(H,17,19). The fraction of sp³-hybridized carbons (Fsp3) is 0.867. The third-order valence-electron chi connectivity index (χ3n) is 4.30. The molecule has 2 N–H and O–H groups in total. The number of nitrogens with zero attached hydrogens (tertiary/aromatic N) is 1. The molecule has 1 saturated heterocycles. The van der Waals surface area contributed by atoms with Crippen molar-refractivity contribution in [1.29, 1.82) is 0 Å². The normalized spacial score (nSPS) is 23.6. The highest BCUT2D eigenvalue weighted by atomic mass is 16.2. The van der Waals surface area contributed by atoms with Crippen LogP contribution < -0.4 is 10.6 Å². The molecule has 5 nitrogen and oxygen atoms in total. The highest BCUT2D eigenvalue weighted by molar-refractivity contribution is 5.84. The van der Waals surface area contributed by atoms with Gasteiger partial charge in [0, 0.05) is 11.6 Å². The van der Waals surface area contributed by atoms with E-state index in [1.807, 2.05) is 18.7 Å². The summed E-state index contributed by atoms with van der Waals surface area (Å²) < 4.78 is 0. The summed E-state index contributed by atoms with van der Waals surface area (Å²) in [6.07, 6.45) is 4.95. The molecule has 1 aliphatic heterocycles. The average molecular weight is 281 g/mol. The van der Waals surface area contributed by atoms with Gasteiger partial charge in [-0.15, -0.1) is 0 Å². The summed E-state index contributed by atoms with van der Waals surface area (Å²) in [5.74, 6) is 0.121. The summed E-state index contributed by atoms with van der Waals surface area (Å²) >= 11 is 0. The minimum atomic E-state index is -0.178. The molecule has 1 heterocycles. The Morgan fingerprint density at radius 1 is 1.25 bits per heavy atom. The Bertz CT molecular complexity index is 377. The summed E-state index contributed by atoms with van der Waals surface area (Å²) in [4.78, 5) is 26.2. The number of carbonyl (C=O) groups is 2. The van der Waals surface area contributed by atoms with Gasteiger partial charge in [0.1, 0.15) is 0 Å². The summed E-state index contributed by atoms with van der Waals surface area (Å²) in [6, 6.07) is 0.267. The zero-order chi connectivity index (χ0) is 14.8. The zero-order valence-corrected chi connectivity index (χ0v) is 12.9. The molecule has 0 aromatic carbocycles. The summed E-state index contributed by atoms with van der Waals surface area (Å²) in [6.45, 7) is 7.26. The van der Waals surface area contributed by atoms with Gasteiger partial charge in [0.2, 0.25) is 11.8 Å². The maximum atomic E-state index is 12.1. The third kappa shape index (κ3) is 4.20. The molecular weight excluding hydrogens is 254 g/mol. The minimum Gasteiger partial charge on any atom is -0.352 e. The Morgan fingerprint density at radius 3 is 2.55 bits per heavy atom. The Morgan fingerprint density at radius 2 is 1.95 bits per heavy atom. The third-order valence-corrected chi connectivity index (χ3v) is 4.30. The lowest BCUT2D eigenvalue weighted by Gasteiger charge is -2.28. The van der Waals surface area contributed by atoms with Crippen LogP contribution in [0.4, 0.5) is 0 Å². The van der Waals surface area contributed by atoms with Crippen LogP contribution in [0.3, 0.4) is 0 Å². The fourth-order valence-corrected chi connectivity index (χ4v) is 2.53. The molecule has 2 amide bonds. The largest absolute Gasteiger partial charge is 0.352 e. The van der Waals surface area contributed by atoms with E-state index in [-0.39, 0.29) is 23.4 Å². The second kappa shape index (κ2) is 6.12. The molecule has 1 atom stereocenters. The second-order valence-corrected chi connectivity index (χ2v) is 6.70. The molecule has 20 heavy (non-hydrogen) atoms. The lowest BCUT2D eigenvalue weighted by atomic mass is 10.0. The highest BCUT2D eigenvalue weighted by Gasteiger charge is 2.35. The van der Waals surface area contributed by atoms with Crippen LogP contribution in [0.25, 0.3) is 0 Å². The molecule has 2 aliphatic rings. The lowest BCUT2D eigenvalue weighted by Crippen LogP contribution is -2.51. The first-order valence-corrected chi connectivity index (χ1v) is 7.77. The van der Waals surface area contributed by atoms with Gasteiger partial charge in [-0.25, -0.2) is 0 Å². The van der Waals surface area contributed by atoms with Crippen LogP contribution in [0.2, 0.25) is 0 Å². The lowest BCUT2D eigenvalue weighted by molar-refractivity contribution is -0.128. The predicted molar refractivity (Wildman–Crippen MR) is 78.3 cm³/mol. The number of amides is 2. The van der Waals surface area contributed by atoms with Crippen molar-refractivity contribution in [3.05, 3.63) is 0 Å². The van der Waals surface area contributed by atoms with Crippen molar-refractivity contribution in [2.75, 3.05) is 13.1 Å². The number of likely N-dealkylation sites (tertiary alicyclic amines) is 1. The summed E-state index contributed by atoms with van der Waals surface area (Å²) in [7, 11) is 0. The Hall–Kier alpha value is -1.10. The van der Waals surface area contributed by atoms with E-state index < -0.39 is 0 Å². The zero-order valence-electron chi connectivity index (χ0n) is 12.9. The number of hydrogen-bond acceptors (Lipinski definition) is 3. The minimum absolute atomic E-state index is 0.0166. The molecule has 0 aromatic heterocycles. The smallest absolute Gasteiger partial charge is 0.237 e. The van der Waals surface area contributed by atoms with Gasteiger partial charge in [-0.3, -0.25) is 14.5 Å². The first-order chi connectivity index (χ1) is 9.41. The van der Waals surface area contributed by atoms with Gasteiger partial charge < -0.3 is 10.6 Å². The van der Waals surface area contributed by atoms with Crippen molar-refractivity contribution >= 4 is 11.8 Å². The van der Waals surface area contributed by atoms with E-state index in [4.69, 9.17) is 0 Å². The maximum absolute atomic E-state index is 12.1. The van der Waals surface area contributed by atoms with Crippen molar-refractivity contribution in [2.45, 2.75) is 70.5 Å². The summed E-state index contributed by atoms with van der Waals surface area (Å²) in [5.41, 5.74) is -0.178. The molecule has 1 aliphatic carbocycles. The van der Waals surface area contributed by atoms with E-state index in [1.165, 1.54) is 0 Å². The first-order valence-electron chi connectivity index (χ1n) is 7.77. The number of rotatable bonds is 6. The van der Waals surface area contributed by atoms with Crippen molar-refractivity contribution in [2.24, 2.45) is 0 Å². The topological polar surface area (TPSA) is 61.4 Å². The van der Waals surface area contributed by atoms with E-state index in [9.17, 15) is 9.59 Å². The van der Waals surface area contributed by atoms with Crippen LogP contribution in [-0.4, -0.2) is 47.4 Å². The van der Waals surface area contributed by atoms with Crippen LogP contribution in [0.1, 0.15) is 52.9 Å². The fourth-order valence-electron chi connectivity index (χ4n) is 2.53. The van der Waals surface area contributed by atoms with E-state index in [1.54, 1.807) is 0 Å². The van der Waals surface area contributed by atoms with Crippen molar-refractivity contribution in [1.82, 2.24) is 15.5 Å². The maximum Gasteiger partial charge on any atom is 0.237 e. The van der Waals surface area contributed by atoms with Gasteiger partial charge in [0.25, 0.3) is 0 Å². The van der Waals surface area contributed by atoms with Gasteiger partial charge in [0.05, 0.1) is 12.6 Å². The van der Waals surface area contributed by atoms with Gasteiger partial charge in [0.15, 0.2) is 0 Å². The van der Waals surface area contributed by atoms with E-state index >= 15 is 0 Å².